The molecule has 0 saturated carbocycles. The van der Waals surface area contributed by atoms with E-state index < -0.39 is 51.6 Å². The summed E-state index contributed by atoms with van der Waals surface area (Å²) >= 11 is 0. The minimum atomic E-state index is -2.65. The van der Waals surface area contributed by atoms with E-state index in [0.717, 1.165) is 0 Å². The highest BCUT2D eigenvalue weighted by atomic mass is 28.5. The molecule has 0 amide bonds. The van der Waals surface area contributed by atoms with Crippen molar-refractivity contribution in [1.29, 1.82) is 0 Å². The molecule has 7 nitrogen and oxygen atoms in total. The summed E-state index contributed by atoms with van der Waals surface area (Å²) in [6.45, 7) is 18.7. The van der Waals surface area contributed by atoms with Crippen molar-refractivity contribution < 1.29 is 32.1 Å². The van der Waals surface area contributed by atoms with Gasteiger partial charge in [0.1, 0.15) is 0 Å². The van der Waals surface area contributed by atoms with E-state index in [1.807, 2.05) is 19.6 Å². The Balaban J connectivity index is -0.000000563. The minimum Gasteiger partial charge on any atom is -0.481 e. The first-order valence-electron chi connectivity index (χ1n) is 9.37. The van der Waals surface area contributed by atoms with Crippen molar-refractivity contribution in [1.82, 2.24) is 0 Å². The van der Waals surface area contributed by atoms with Crippen molar-refractivity contribution >= 4 is 45.7 Å². The Labute approximate surface area is 197 Å². The summed E-state index contributed by atoms with van der Waals surface area (Å²) in [5, 5.41) is 18.2. The number of rotatable bonds is 13. The van der Waals surface area contributed by atoms with Crippen LogP contribution in [0.5, 0.6) is 0 Å². The van der Waals surface area contributed by atoms with Gasteiger partial charge in [-0.2, -0.15) is 0 Å². The molecule has 0 aliphatic rings. The number of hydrogen-bond donors (Lipinski definition) is 2. The Bertz CT molecular complexity index is 501. The first kappa shape index (κ1) is 41.0. The lowest BCUT2D eigenvalue weighted by molar-refractivity contribution is -0.140. The molecule has 31 heavy (non-hydrogen) atoms. The topological polar surface area (TPSA) is 102 Å². The Kier molecular flexibility index (Phi) is 20.5. The molecule has 0 aromatic heterocycles. The monoisotopic (exact) mass is 518 g/mol. The summed E-state index contributed by atoms with van der Waals surface area (Å²) in [4.78, 5) is 22.2. The van der Waals surface area contributed by atoms with Gasteiger partial charge in [-0.3, -0.25) is 9.59 Å². The van der Waals surface area contributed by atoms with Gasteiger partial charge < -0.3 is 22.6 Å². The molecule has 0 rings (SSSR count). The summed E-state index contributed by atoms with van der Waals surface area (Å²) in [6.07, 6.45) is 0.148. The van der Waals surface area contributed by atoms with Gasteiger partial charge >= 0.3 is 29.1 Å². The van der Waals surface area contributed by atoms with Crippen LogP contribution >= 0.6 is 0 Å². The zero-order valence-electron chi connectivity index (χ0n) is 18.3. The van der Waals surface area contributed by atoms with Crippen molar-refractivity contribution in [3.63, 3.8) is 0 Å². The fraction of sp³-hybridized carbons (Fsp3) is 0.900. The highest BCUT2D eigenvalue weighted by molar-refractivity contribution is 6.89. The van der Waals surface area contributed by atoms with Gasteiger partial charge in [0, 0.05) is 12.8 Å². The van der Waals surface area contributed by atoms with Gasteiger partial charge in [0.05, 0.1) is 0 Å². The van der Waals surface area contributed by atoms with Crippen molar-refractivity contribution in [2.75, 3.05) is 0 Å². The maximum atomic E-state index is 11.1. The van der Waals surface area contributed by atoms with Crippen LogP contribution in [0.25, 0.3) is 0 Å². The molecule has 0 aliphatic carbocycles. The molecule has 0 fully saturated rings. The van der Waals surface area contributed by atoms with Crippen LogP contribution in [-0.2, 0) is 21.9 Å². The lowest BCUT2D eigenvalue weighted by Crippen LogP contribution is -2.56. The highest BCUT2D eigenvalue weighted by Gasteiger charge is 2.44. The number of aliphatic carboxylic acids is 2. The van der Waals surface area contributed by atoms with E-state index in [4.69, 9.17) is 22.6 Å². The number of hydrogen-bond acceptors (Lipinski definition) is 5. The van der Waals surface area contributed by atoms with Crippen molar-refractivity contribution in [3.8, 4) is 0 Å². The predicted molar refractivity (Wildman–Crippen MR) is 143 cm³/mol. The third kappa shape index (κ3) is 22.7. The highest BCUT2D eigenvalue weighted by Crippen LogP contribution is 2.30. The van der Waals surface area contributed by atoms with Crippen LogP contribution < -0.4 is 0 Å². The normalized spacial score (nSPS) is 13.6. The van der Waals surface area contributed by atoms with Gasteiger partial charge in [0.15, 0.2) is 16.6 Å². The number of carboxylic acid groups (broad SMARTS) is 2. The summed E-state index contributed by atoms with van der Waals surface area (Å²) in [5.41, 5.74) is 0. The molecule has 1 unspecified atom stereocenters. The van der Waals surface area contributed by atoms with Gasteiger partial charge in [-0.25, -0.2) is 0 Å². The lowest BCUT2D eigenvalue weighted by atomic mass is 9.99. The maximum Gasteiger partial charge on any atom is 0.315 e. The van der Waals surface area contributed by atoms with Gasteiger partial charge in [0.2, 0.25) is 0 Å². The average molecular weight is 519 g/mol. The molecule has 0 saturated heterocycles. The van der Waals surface area contributed by atoms with E-state index in [1.54, 1.807) is 0 Å². The summed E-state index contributed by atoms with van der Waals surface area (Å²) < 4.78 is 19.3. The van der Waals surface area contributed by atoms with Crippen LogP contribution in [0.2, 0.25) is 65.0 Å². The van der Waals surface area contributed by atoms with Gasteiger partial charge in [-0.15, -0.1) is 0 Å². The third-order valence-corrected chi connectivity index (χ3v) is 17.0. The molecule has 1 atom stereocenters. The molecular weight excluding hydrogens is 465 g/mol. The second-order valence-electron chi connectivity index (χ2n) is 9.66. The molecule has 0 aromatic carbocycles. The lowest BCUT2D eigenvalue weighted by Gasteiger charge is -2.41. The molecule has 11 heteroatoms. The second-order valence-corrected chi connectivity index (χ2v) is 26.1. The van der Waals surface area contributed by atoms with E-state index in [9.17, 15) is 9.59 Å². The van der Waals surface area contributed by atoms with Gasteiger partial charge in [-0.05, 0) is 77.3 Å². The van der Waals surface area contributed by atoms with Crippen LogP contribution in [0.3, 0.4) is 0 Å². The summed E-state index contributed by atoms with van der Waals surface area (Å²) in [5.74, 6) is -2.38. The molecule has 0 bridgehead atoms. The Morgan fingerprint density at radius 1 is 0.677 bits per heavy atom. The second kappa shape index (κ2) is 15.5. The molecular formula is C20H54O7Si4. The summed E-state index contributed by atoms with van der Waals surface area (Å²) in [6, 6.07) is 0.563. The molecule has 0 aromatic rings. The Hall–Kier alpha value is -0.312. The first-order chi connectivity index (χ1) is 11.8. The smallest absolute Gasteiger partial charge is 0.315 e. The van der Waals surface area contributed by atoms with Crippen LogP contribution in [0.1, 0.15) is 49.0 Å². The van der Waals surface area contributed by atoms with Gasteiger partial charge in [0.25, 0.3) is 0 Å². The van der Waals surface area contributed by atoms with Crippen molar-refractivity contribution in [2.45, 2.75) is 114 Å². The Morgan fingerprint density at radius 2 is 1.03 bits per heavy atom. The molecule has 0 heterocycles. The van der Waals surface area contributed by atoms with E-state index in [-0.39, 0.29) is 42.5 Å². The van der Waals surface area contributed by atoms with Crippen LogP contribution in [0.4, 0.5) is 0 Å². The molecule has 2 N–H and O–H groups in total. The minimum absolute atomic E-state index is 0. The standard InChI is InChI=1S/C16H38O7Si4.4CH4/c1-24(2,3)21-26(7,8)23-27(9,22-25(4,5)6)11-10-14(12-15(17)18)13-16(19)20;;;;/h14H,10-13H2,1-9H3,(H,17,18)(H,19,20);4*1H4. The van der Waals surface area contributed by atoms with Crippen LogP contribution in [0, 0.1) is 5.92 Å². The van der Waals surface area contributed by atoms with Crippen LogP contribution in [0.15, 0.2) is 0 Å². The molecule has 192 valence electrons. The quantitative estimate of drug-likeness (QED) is 0.253. The van der Waals surface area contributed by atoms with Crippen molar-refractivity contribution in [3.05, 3.63) is 0 Å². The zero-order valence-corrected chi connectivity index (χ0v) is 22.3. The van der Waals surface area contributed by atoms with E-state index >= 15 is 0 Å². The van der Waals surface area contributed by atoms with E-state index in [2.05, 4.69) is 39.3 Å². The molecule has 0 spiro atoms. The molecule has 0 radical (unpaired) electrons. The van der Waals surface area contributed by atoms with E-state index in [0.29, 0.717) is 12.5 Å². The number of carboxylic acids is 2. The average Bonchev–Trinajstić information content (AvgIpc) is 2.27. The first-order valence-corrected chi connectivity index (χ1v) is 21.5. The summed E-state index contributed by atoms with van der Waals surface area (Å²) in [7, 11) is -8.76. The molecule has 0 aliphatic heterocycles. The zero-order chi connectivity index (χ0) is 21.7. The largest absolute Gasteiger partial charge is 0.481 e. The van der Waals surface area contributed by atoms with Gasteiger partial charge in [-0.1, -0.05) is 29.7 Å². The van der Waals surface area contributed by atoms with E-state index in [1.165, 1.54) is 0 Å². The number of carbonyl (C=O) groups is 2. The van der Waals surface area contributed by atoms with Crippen LogP contribution in [-0.4, -0.2) is 55.9 Å². The SMILES string of the molecule is C.C.C.C.C[Si](C)(C)O[Si](C)(C)O[Si](C)(CCC(CC(=O)O)CC(=O)O)O[Si](C)(C)C. The van der Waals surface area contributed by atoms with Crippen molar-refractivity contribution in [2.24, 2.45) is 5.92 Å². The Morgan fingerprint density at radius 3 is 1.32 bits per heavy atom. The maximum absolute atomic E-state index is 11.1. The predicted octanol–water partition coefficient (Wildman–Crippen LogP) is 6.98. The fourth-order valence-electron chi connectivity index (χ4n) is 3.29. The third-order valence-electron chi connectivity index (χ3n) is 3.47. The fourth-order valence-corrected chi connectivity index (χ4v) is 21.4.